The molecule has 1 heterocycles. The van der Waals surface area contributed by atoms with E-state index in [4.69, 9.17) is 0 Å². The van der Waals surface area contributed by atoms with E-state index in [1.165, 1.54) is 11.6 Å². The van der Waals surface area contributed by atoms with Crippen molar-refractivity contribution in [1.82, 2.24) is 15.5 Å². The van der Waals surface area contributed by atoms with Crippen LogP contribution in [-0.2, 0) is 13.1 Å². The first-order valence-corrected chi connectivity index (χ1v) is 9.54. The molecule has 2 aromatic carbocycles. The lowest BCUT2D eigenvalue weighted by Gasteiger charge is -2.21. The van der Waals surface area contributed by atoms with Crippen LogP contribution in [0.5, 0.6) is 0 Å². The average molecular weight is 509 g/mol. The number of hydrogen-bond acceptors (Lipinski definition) is 4. The largest absolute Gasteiger partial charge is 0.352 e. The maximum absolute atomic E-state index is 11.2. The van der Waals surface area contributed by atoms with Gasteiger partial charge in [0.2, 0.25) is 0 Å². The van der Waals surface area contributed by atoms with Crippen LogP contribution in [0.3, 0.4) is 0 Å². The van der Waals surface area contributed by atoms with Crippen molar-refractivity contribution < 1.29 is 4.92 Å². The number of nitrogens with zero attached hydrogens (tertiary/aromatic N) is 3. The van der Waals surface area contributed by atoms with E-state index in [1.807, 2.05) is 6.07 Å². The zero-order valence-electron chi connectivity index (χ0n) is 16.7. The highest BCUT2D eigenvalue weighted by Crippen LogP contribution is 2.20. The van der Waals surface area contributed by atoms with Gasteiger partial charge < -0.3 is 10.6 Å². The van der Waals surface area contributed by atoms with Crippen molar-refractivity contribution in [2.75, 3.05) is 13.6 Å². The summed E-state index contributed by atoms with van der Waals surface area (Å²) in [6.07, 6.45) is 1.03. The molecule has 2 unspecified atom stereocenters. The molecule has 8 heteroatoms. The summed E-state index contributed by atoms with van der Waals surface area (Å²) >= 11 is 0. The molecule has 1 aliphatic rings. The van der Waals surface area contributed by atoms with Gasteiger partial charge in [-0.2, -0.15) is 0 Å². The summed E-state index contributed by atoms with van der Waals surface area (Å²) in [7, 11) is 1.72. The predicted octanol–water partition coefficient (Wildman–Crippen LogP) is 3.54. The first kappa shape index (κ1) is 23.1. The molecule has 2 N–H and O–H groups in total. The topological polar surface area (TPSA) is 82.8 Å². The van der Waals surface area contributed by atoms with E-state index >= 15 is 0 Å². The van der Waals surface area contributed by atoms with E-state index in [0.29, 0.717) is 24.1 Å². The van der Waals surface area contributed by atoms with Crippen molar-refractivity contribution in [2.45, 2.75) is 38.5 Å². The highest BCUT2D eigenvalue weighted by molar-refractivity contribution is 14.0. The van der Waals surface area contributed by atoms with Gasteiger partial charge in [0.25, 0.3) is 5.69 Å². The number of benzene rings is 2. The molecule has 0 bridgehead atoms. The third-order valence-electron chi connectivity index (χ3n) is 5.13. The van der Waals surface area contributed by atoms with Crippen molar-refractivity contribution in [3.8, 4) is 0 Å². The van der Waals surface area contributed by atoms with Gasteiger partial charge >= 0.3 is 0 Å². The Morgan fingerprint density at radius 2 is 1.90 bits per heavy atom. The third-order valence-corrected chi connectivity index (χ3v) is 5.13. The molecule has 29 heavy (non-hydrogen) atoms. The minimum Gasteiger partial charge on any atom is -0.352 e. The standard InChI is InChI=1S/C21H27N5O2.HI/c1-16-12-19(15-25(16)14-17-8-4-3-5-9-17)24-21(22-2)23-13-18-10-6-7-11-20(18)26(27)28;/h3-11,16,19H,12-15H2,1-2H3,(H2,22,23,24);1H. The van der Waals surface area contributed by atoms with Gasteiger partial charge in [0, 0.05) is 50.4 Å². The molecule has 0 spiro atoms. The van der Waals surface area contributed by atoms with Crippen molar-refractivity contribution in [2.24, 2.45) is 4.99 Å². The smallest absolute Gasteiger partial charge is 0.274 e. The molecule has 0 amide bonds. The number of rotatable bonds is 6. The predicted molar refractivity (Wildman–Crippen MR) is 127 cm³/mol. The quantitative estimate of drug-likeness (QED) is 0.205. The van der Waals surface area contributed by atoms with Crippen LogP contribution >= 0.6 is 24.0 Å². The molecule has 1 aliphatic heterocycles. The third kappa shape index (κ3) is 6.40. The van der Waals surface area contributed by atoms with E-state index < -0.39 is 0 Å². The monoisotopic (exact) mass is 509 g/mol. The Morgan fingerprint density at radius 3 is 2.59 bits per heavy atom. The molecular weight excluding hydrogens is 481 g/mol. The van der Waals surface area contributed by atoms with Crippen molar-refractivity contribution in [1.29, 1.82) is 0 Å². The summed E-state index contributed by atoms with van der Waals surface area (Å²) in [5.74, 6) is 0.664. The number of nitro benzene ring substituents is 1. The van der Waals surface area contributed by atoms with Gasteiger partial charge in [0.1, 0.15) is 0 Å². The van der Waals surface area contributed by atoms with Gasteiger partial charge in [-0.1, -0.05) is 48.5 Å². The number of nitro groups is 1. The Morgan fingerprint density at radius 1 is 1.21 bits per heavy atom. The van der Waals surface area contributed by atoms with E-state index in [9.17, 15) is 10.1 Å². The number of halogens is 1. The van der Waals surface area contributed by atoms with Crippen LogP contribution in [-0.4, -0.2) is 41.5 Å². The highest BCUT2D eigenvalue weighted by atomic mass is 127. The number of likely N-dealkylation sites (tertiary alicyclic amines) is 1. The number of guanidine groups is 1. The lowest BCUT2D eigenvalue weighted by Crippen LogP contribution is -2.44. The van der Waals surface area contributed by atoms with Crippen LogP contribution in [0.15, 0.2) is 59.6 Å². The Bertz CT molecular complexity index is 831. The lowest BCUT2D eigenvalue weighted by atomic mass is 10.2. The second-order valence-corrected chi connectivity index (χ2v) is 7.15. The molecule has 1 saturated heterocycles. The normalized spacial score (nSPS) is 19.4. The fraction of sp³-hybridized carbons (Fsp3) is 0.381. The second kappa shape index (κ2) is 11.1. The van der Waals surface area contributed by atoms with Gasteiger partial charge in [-0.05, 0) is 18.9 Å². The number of para-hydroxylation sites is 1. The SMILES string of the molecule is CN=C(NCc1ccccc1[N+](=O)[O-])NC1CC(C)N(Cc2ccccc2)C1.I. The first-order valence-electron chi connectivity index (χ1n) is 9.54. The molecule has 3 rings (SSSR count). The zero-order chi connectivity index (χ0) is 19.9. The molecule has 0 saturated carbocycles. The summed E-state index contributed by atoms with van der Waals surface area (Å²) in [4.78, 5) is 17.6. The minimum atomic E-state index is -0.354. The van der Waals surface area contributed by atoms with Crippen LogP contribution in [0.4, 0.5) is 5.69 Å². The maximum atomic E-state index is 11.2. The van der Waals surface area contributed by atoms with Crippen LogP contribution < -0.4 is 10.6 Å². The summed E-state index contributed by atoms with van der Waals surface area (Å²) in [6, 6.07) is 18.0. The van der Waals surface area contributed by atoms with E-state index in [2.05, 4.69) is 51.7 Å². The molecule has 0 aliphatic carbocycles. The average Bonchev–Trinajstić information content (AvgIpc) is 3.04. The lowest BCUT2D eigenvalue weighted by molar-refractivity contribution is -0.385. The molecule has 156 valence electrons. The van der Waals surface area contributed by atoms with Crippen molar-refractivity contribution in [3.05, 3.63) is 75.8 Å². The highest BCUT2D eigenvalue weighted by Gasteiger charge is 2.29. The first-order chi connectivity index (χ1) is 13.6. The fourth-order valence-corrected chi connectivity index (χ4v) is 3.65. The number of hydrogen-bond donors (Lipinski definition) is 2. The second-order valence-electron chi connectivity index (χ2n) is 7.15. The van der Waals surface area contributed by atoms with Gasteiger partial charge in [-0.25, -0.2) is 0 Å². The van der Waals surface area contributed by atoms with Crippen molar-refractivity contribution >= 4 is 35.6 Å². The summed E-state index contributed by atoms with van der Waals surface area (Å²) < 4.78 is 0. The summed E-state index contributed by atoms with van der Waals surface area (Å²) in [5, 5.41) is 17.8. The Kier molecular flexibility index (Phi) is 8.84. The van der Waals surface area contributed by atoms with Gasteiger partial charge in [-0.3, -0.25) is 20.0 Å². The molecule has 0 aromatic heterocycles. The van der Waals surface area contributed by atoms with Gasteiger partial charge in [0.05, 0.1) is 4.92 Å². The fourth-order valence-electron chi connectivity index (χ4n) is 3.65. The molecular formula is C21H28IN5O2. The Balaban J connectivity index is 0.00000300. The van der Waals surface area contributed by atoms with Crippen LogP contribution in [0.25, 0.3) is 0 Å². The zero-order valence-corrected chi connectivity index (χ0v) is 19.1. The van der Waals surface area contributed by atoms with Crippen LogP contribution in [0.1, 0.15) is 24.5 Å². The molecule has 0 radical (unpaired) electrons. The Hall–Kier alpha value is -2.20. The minimum absolute atomic E-state index is 0. The van der Waals surface area contributed by atoms with Crippen LogP contribution in [0.2, 0.25) is 0 Å². The van der Waals surface area contributed by atoms with Gasteiger partial charge in [-0.15, -0.1) is 24.0 Å². The van der Waals surface area contributed by atoms with Crippen LogP contribution in [0, 0.1) is 10.1 Å². The van der Waals surface area contributed by atoms with Gasteiger partial charge in [0.15, 0.2) is 5.96 Å². The summed E-state index contributed by atoms with van der Waals surface area (Å²) in [6.45, 7) is 4.46. The molecule has 2 aromatic rings. The molecule has 2 atom stereocenters. The summed E-state index contributed by atoms with van der Waals surface area (Å²) in [5.41, 5.74) is 2.07. The Labute approximate surface area is 188 Å². The van der Waals surface area contributed by atoms with E-state index in [0.717, 1.165) is 19.5 Å². The van der Waals surface area contributed by atoms with E-state index in [1.54, 1.807) is 25.2 Å². The number of aliphatic imine (C=N–C) groups is 1. The van der Waals surface area contributed by atoms with Crippen molar-refractivity contribution in [3.63, 3.8) is 0 Å². The maximum Gasteiger partial charge on any atom is 0.274 e. The molecule has 1 fully saturated rings. The molecule has 7 nitrogen and oxygen atoms in total. The van der Waals surface area contributed by atoms with E-state index in [-0.39, 0.29) is 40.6 Å². The number of nitrogens with one attached hydrogen (secondary N) is 2.